The lowest BCUT2D eigenvalue weighted by Gasteiger charge is -2.17. The van der Waals surface area contributed by atoms with Crippen molar-refractivity contribution in [3.63, 3.8) is 0 Å². The van der Waals surface area contributed by atoms with Gasteiger partial charge in [-0.05, 0) is 32.0 Å². The summed E-state index contributed by atoms with van der Waals surface area (Å²) in [5.41, 5.74) is 1.79. The maximum Gasteiger partial charge on any atom is 0.140 e. The molecule has 2 atom stereocenters. The zero-order valence-corrected chi connectivity index (χ0v) is 8.34. The first-order chi connectivity index (χ1) is 6.16. The minimum atomic E-state index is -0.925. The van der Waals surface area contributed by atoms with E-state index in [1.54, 1.807) is 7.05 Å². The highest BCUT2D eigenvalue weighted by molar-refractivity contribution is 5.28. The molecule has 1 aromatic rings. The number of aryl methyl sites for hydroxylation is 1. The molecular weight excluding hydrogens is 165 g/mol. The fraction of sp³-hybridized carbons (Fsp3) is 0.455. The van der Waals surface area contributed by atoms with Crippen LogP contribution >= 0.6 is 0 Å². The topological polar surface area (TPSA) is 12.0 Å². The summed E-state index contributed by atoms with van der Waals surface area (Å²) < 4.78 is 13.7. The van der Waals surface area contributed by atoms with Crippen LogP contribution in [0.3, 0.4) is 0 Å². The van der Waals surface area contributed by atoms with Crippen LogP contribution in [0, 0.1) is 6.92 Å². The molecule has 0 heterocycles. The van der Waals surface area contributed by atoms with Crippen LogP contribution in [-0.4, -0.2) is 13.1 Å². The van der Waals surface area contributed by atoms with Gasteiger partial charge in [-0.3, -0.25) is 0 Å². The first kappa shape index (κ1) is 10.2. The van der Waals surface area contributed by atoms with Gasteiger partial charge in [-0.2, -0.15) is 0 Å². The van der Waals surface area contributed by atoms with Crippen LogP contribution in [-0.2, 0) is 0 Å². The number of alkyl halides is 1. The largest absolute Gasteiger partial charge is 0.314 e. The molecule has 2 heteroatoms. The van der Waals surface area contributed by atoms with E-state index in [-0.39, 0.29) is 6.04 Å². The van der Waals surface area contributed by atoms with Gasteiger partial charge < -0.3 is 5.32 Å². The summed E-state index contributed by atoms with van der Waals surface area (Å²) in [6.45, 7) is 3.78. The number of rotatable bonds is 3. The van der Waals surface area contributed by atoms with Crippen LogP contribution in [0.5, 0.6) is 0 Å². The van der Waals surface area contributed by atoms with Crippen LogP contribution in [0.2, 0.25) is 0 Å². The molecule has 72 valence electrons. The number of halogens is 1. The first-order valence-electron chi connectivity index (χ1n) is 4.53. The Labute approximate surface area is 79.0 Å². The molecule has 0 saturated heterocycles. The predicted molar refractivity (Wildman–Crippen MR) is 53.5 cm³/mol. The monoisotopic (exact) mass is 181 g/mol. The summed E-state index contributed by atoms with van der Waals surface area (Å²) in [6, 6.07) is 7.44. The van der Waals surface area contributed by atoms with Crippen molar-refractivity contribution in [3.05, 3.63) is 35.4 Å². The molecule has 0 spiro atoms. The van der Waals surface area contributed by atoms with E-state index in [0.29, 0.717) is 0 Å². The average molecular weight is 181 g/mol. The molecule has 2 unspecified atom stereocenters. The first-order valence-corrected chi connectivity index (χ1v) is 4.53. The second-order valence-electron chi connectivity index (χ2n) is 3.34. The van der Waals surface area contributed by atoms with Crippen LogP contribution in [0.15, 0.2) is 24.3 Å². The molecule has 0 aromatic heterocycles. The van der Waals surface area contributed by atoms with Gasteiger partial charge in [0.1, 0.15) is 6.17 Å². The Bertz CT molecular complexity index is 273. The molecule has 13 heavy (non-hydrogen) atoms. The van der Waals surface area contributed by atoms with Crippen LogP contribution in [0.25, 0.3) is 0 Å². The minimum absolute atomic E-state index is 0.138. The third-order valence-electron chi connectivity index (χ3n) is 2.38. The highest BCUT2D eigenvalue weighted by Gasteiger charge is 2.17. The molecule has 1 rings (SSSR count). The molecule has 0 aliphatic heterocycles. The number of likely N-dealkylation sites (N-methyl/N-ethyl adjacent to an activating group) is 1. The van der Waals surface area contributed by atoms with Gasteiger partial charge in [0.25, 0.3) is 0 Å². The van der Waals surface area contributed by atoms with Gasteiger partial charge >= 0.3 is 0 Å². The average Bonchev–Trinajstić information content (AvgIpc) is 2.16. The molecule has 0 amide bonds. The maximum atomic E-state index is 13.7. The summed E-state index contributed by atoms with van der Waals surface area (Å²) in [5.74, 6) is 0. The van der Waals surface area contributed by atoms with E-state index < -0.39 is 6.17 Å². The van der Waals surface area contributed by atoms with E-state index in [4.69, 9.17) is 0 Å². The van der Waals surface area contributed by atoms with Crippen LogP contribution < -0.4 is 5.32 Å². The van der Waals surface area contributed by atoms with Gasteiger partial charge in [0.2, 0.25) is 0 Å². The normalized spacial score (nSPS) is 15.4. The Balaban J connectivity index is 2.88. The molecule has 0 bridgehead atoms. The van der Waals surface area contributed by atoms with Gasteiger partial charge in [0.05, 0.1) is 0 Å². The Morgan fingerprint density at radius 2 is 1.92 bits per heavy atom. The van der Waals surface area contributed by atoms with Crippen molar-refractivity contribution in [2.45, 2.75) is 26.1 Å². The Morgan fingerprint density at radius 1 is 1.31 bits per heavy atom. The van der Waals surface area contributed by atoms with E-state index in [1.807, 2.05) is 38.1 Å². The lowest BCUT2D eigenvalue weighted by atomic mass is 10.0. The van der Waals surface area contributed by atoms with Crippen molar-refractivity contribution in [2.75, 3.05) is 7.05 Å². The molecule has 0 radical (unpaired) electrons. The van der Waals surface area contributed by atoms with Crippen molar-refractivity contribution in [2.24, 2.45) is 0 Å². The Kier molecular flexibility index (Phi) is 3.43. The number of nitrogens with one attached hydrogen (secondary N) is 1. The summed E-state index contributed by atoms with van der Waals surface area (Å²) in [4.78, 5) is 0. The fourth-order valence-electron chi connectivity index (χ4n) is 1.31. The van der Waals surface area contributed by atoms with Gasteiger partial charge in [-0.1, -0.05) is 24.3 Å². The summed E-state index contributed by atoms with van der Waals surface area (Å²) in [7, 11) is 1.77. The second kappa shape index (κ2) is 4.38. The number of hydrogen-bond donors (Lipinski definition) is 1. The minimum Gasteiger partial charge on any atom is -0.314 e. The molecule has 1 aromatic carbocycles. The van der Waals surface area contributed by atoms with Crippen molar-refractivity contribution in [1.82, 2.24) is 5.32 Å². The van der Waals surface area contributed by atoms with Crippen molar-refractivity contribution in [1.29, 1.82) is 0 Å². The van der Waals surface area contributed by atoms with Crippen LogP contribution in [0.4, 0.5) is 4.39 Å². The highest BCUT2D eigenvalue weighted by Crippen LogP contribution is 2.23. The molecule has 0 fully saturated rings. The van der Waals surface area contributed by atoms with Crippen molar-refractivity contribution < 1.29 is 4.39 Å². The molecule has 0 aliphatic rings. The van der Waals surface area contributed by atoms with E-state index in [2.05, 4.69) is 5.32 Å². The highest BCUT2D eigenvalue weighted by atomic mass is 19.1. The summed E-state index contributed by atoms with van der Waals surface area (Å²) in [5, 5.41) is 2.92. The van der Waals surface area contributed by atoms with Crippen molar-refractivity contribution >= 4 is 0 Å². The molecule has 1 nitrogen and oxygen atoms in total. The van der Waals surface area contributed by atoms with Gasteiger partial charge in [-0.15, -0.1) is 0 Å². The number of hydrogen-bond acceptors (Lipinski definition) is 1. The van der Waals surface area contributed by atoms with Gasteiger partial charge in [0, 0.05) is 6.04 Å². The summed E-state index contributed by atoms with van der Waals surface area (Å²) in [6.07, 6.45) is -0.925. The predicted octanol–water partition coefficient (Wildman–Crippen LogP) is 2.61. The third kappa shape index (κ3) is 2.28. The zero-order valence-electron chi connectivity index (χ0n) is 8.34. The summed E-state index contributed by atoms with van der Waals surface area (Å²) >= 11 is 0. The standard InChI is InChI=1S/C11H16FN/c1-8-6-4-5-7-10(8)11(12)9(2)13-3/h4-7,9,11,13H,1-3H3. The third-order valence-corrected chi connectivity index (χ3v) is 2.38. The smallest absolute Gasteiger partial charge is 0.140 e. The second-order valence-corrected chi connectivity index (χ2v) is 3.34. The quantitative estimate of drug-likeness (QED) is 0.755. The molecular formula is C11H16FN. The van der Waals surface area contributed by atoms with E-state index in [9.17, 15) is 4.39 Å². The molecule has 0 saturated carbocycles. The zero-order chi connectivity index (χ0) is 9.84. The Hall–Kier alpha value is -0.890. The molecule has 1 N–H and O–H groups in total. The van der Waals surface area contributed by atoms with Crippen LogP contribution in [0.1, 0.15) is 24.2 Å². The Morgan fingerprint density at radius 3 is 2.46 bits per heavy atom. The van der Waals surface area contributed by atoms with E-state index >= 15 is 0 Å². The number of benzene rings is 1. The molecule has 0 aliphatic carbocycles. The fourth-order valence-corrected chi connectivity index (χ4v) is 1.31. The van der Waals surface area contributed by atoms with E-state index in [0.717, 1.165) is 11.1 Å². The van der Waals surface area contributed by atoms with E-state index in [1.165, 1.54) is 0 Å². The lowest BCUT2D eigenvalue weighted by Crippen LogP contribution is -2.26. The van der Waals surface area contributed by atoms with Crippen molar-refractivity contribution in [3.8, 4) is 0 Å². The SMILES string of the molecule is CNC(C)C(F)c1ccccc1C. The van der Waals surface area contributed by atoms with Gasteiger partial charge in [-0.25, -0.2) is 4.39 Å². The lowest BCUT2D eigenvalue weighted by molar-refractivity contribution is 0.274. The van der Waals surface area contributed by atoms with Gasteiger partial charge in [0.15, 0.2) is 0 Å². The maximum absolute atomic E-state index is 13.7.